The number of aromatic nitrogens is 2. The molecule has 1 aromatic heterocycles. The third kappa shape index (κ3) is 3.26. The van der Waals surface area contributed by atoms with Crippen molar-refractivity contribution in [3.8, 4) is 0 Å². The number of hydrogen-bond acceptors (Lipinski definition) is 5. The Bertz CT molecular complexity index is 447. The van der Waals surface area contributed by atoms with E-state index in [-0.39, 0.29) is 4.75 Å². The largest absolute Gasteiger partial charge is 0.356 e. The van der Waals surface area contributed by atoms with Gasteiger partial charge in [0.1, 0.15) is 11.6 Å². The molecular formula is C15H26N4S. The zero-order chi connectivity index (χ0) is 14.8. The zero-order valence-corrected chi connectivity index (χ0v) is 13.8. The van der Waals surface area contributed by atoms with Crippen LogP contribution in [0.1, 0.15) is 44.1 Å². The van der Waals surface area contributed by atoms with Crippen molar-refractivity contribution in [2.75, 3.05) is 30.8 Å². The Morgan fingerprint density at radius 1 is 1.35 bits per heavy atom. The molecule has 0 spiro atoms. The number of aryl methyl sites for hydroxylation is 1. The number of thioether (sulfide) groups is 1. The highest BCUT2D eigenvalue weighted by Crippen LogP contribution is 2.34. The first-order chi connectivity index (χ1) is 9.49. The summed E-state index contributed by atoms with van der Waals surface area (Å²) >= 11 is 1.92. The molecule has 1 aromatic rings. The average Bonchev–Trinajstić information content (AvgIpc) is 2.46. The predicted molar refractivity (Wildman–Crippen MR) is 87.6 cm³/mol. The van der Waals surface area contributed by atoms with E-state index in [1.807, 2.05) is 18.7 Å². The molecular weight excluding hydrogens is 268 g/mol. The maximum absolute atomic E-state index is 5.96. The fraction of sp³-hybridized carbons (Fsp3) is 0.733. The molecule has 4 nitrogen and oxygen atoms in total. The van der Waals surface area contributed by atoms with E-state index in [0.29, 0.717) is 5.92 Å². The topological polar surface area (TPSA) is 55.0 Å². The molecule has 2 N–H and O–H groups in total. The lowest BCUT2D eigenvalue weighted by molar-refractivity contribution is 0.454. The molecule has 20 heavy (non-hydrogen) atoms. The van der Waals surface area contributed by atoms with Gasteiger partial charge in [0.2, 0.25) is 0 Å². The van der Waals surface area contributed by atoms with Crippen molar-refractivity contribution in [3.63, 3.8) is 0 Å². The molecule has 2 rings (SSSR count). The van der Waals surface area contributed by atoms with Crippen LogP contribution in [-0.2, 0) is 0 Å². The molecule has 1 aliphatic rings. The van der Waals surface area contributed by atoms with E-state index in [1.165, 1.54) is 0 Å². The van der Waals surface area contributed by atoms with E-state index in [4.69, 9.17) is 10.7 Å². The number of nitrogens with two attached hydrogens (primary N) is 1. The van der Waals surface area contributed by atoms with E-state index in [1.54, 1.807) is 0 Å². The minimum Gasteiger partial charge on any atom is -0.356 e. The van der Waals surface area contributed by atoms with Gasteiger partial charge < -0.3 is 10.6 Å². The fourth-order valence-corrected chi connectivity index (χ4v) is 3.39. The molecule has 0 aromatic carbocycles. The second-order valence-corrected chi connectivity index (χ2v) is 7.23. The Labute approximate surface area is 126 Å². The normalized spacial score (nSPS) is 18.6. The average molecular weight is 294 g/mol. The van der Waals surface area contributed by atoms with E-state index in [2.05, 4.69) is 36.1 Å². The van der Waals surface area contributed by atoms with Crippen LogP contribution in [0.25, 0.3) is 0 Å². The lowest BCUT2D eigenvalue weighted by atomic mass is 9.96. The van der Waals surface area contributed by atoms with Crippen LogP contribution in [-0.4, -0.2) is 40.6 Å². The SMILES string of the molecule is CSC1(CN)CCN(c2cc(C)nc(C(C)C)n2)CC1. The van der Waals surface area contributed by atoms with E-state index in [9.17, 15) is 0 Å². The van der Waals surface area contributed by atoms with Gasteiger partial charge in [0.25, 0.3) is 0 Å². The van der Waals surface area contributed by atoms with E-state index in [0.717, 1.165) is 49.8 Å². The molecule has 0 amide bonds. The number of anilines is 1. The first kappa shape index (κ1) is 15.6. The molecule has 1 aliphatic heterocycles. The standard InChI is InChI=1S/C15H26N4S/c1-11(2)14-17-12(3)9-13(18-14)19-7-5-15(10-16,20-4)6-8-19/h9,11H,5-8,10,16H2,1-4H3. The van der Waals surface area contributed by atoms with Crippen molar-refractivity contribution in [2.45, 2.75) is 44.3 Å². The Morgan fingerprint density at radius 3 is 2.50 bits per heavy atom. The number of hydrogen-bond donors (Lipinski definition) is 1. The van der Waals surface area contributed by atoms with Crippen molar-refractivity contribution < 1.29 is 0 Å². The third-order valence-corrected chi connectivity index (χ3v) is 5.62. The Morgan fingerprint density at radius 2 is 2.00 bits per heavy atom. The molecule has 112 valence electrons. The summed E-state index contributed by atoms with van der Waals surface area (Å²) in [5.74, 6) is 2.39. The van der Waals surface area contributed by atoms with Crippen LogP contribution < -0.4 is 10.6 Å². The minimum absolute atomic E-state index is 0.263. The van der Waals surface area contributed by atoms with Crippen molar-refractivity contribution in [2.24, 2.45) is 5.73 Å². The van der Waals surface area contributed by atoms with Gasteiger partial charge in [-0.3, -0.25) is 0 Å². The van der Waals surface area contributed by atoms with Gasteiger partial charge in [-0.1, -0.05) is 13.8 Å². The maximum atomic E-state index is 5.96. The summed E-state index contributed by atoms with van der Waals surface area (Å²) in [6.07, 6.45) is 4.43. The van der Waals surface area contributed by atoms with E-state index < -0.39 is 0 Å². The van der Waals surface area contributed by atoms with Crippen molar-refractivity contribution in [1.82, 2.24) is 9.97 Å². The lowest BCUT2D eigenvalue weighted by Gasteiger charge is -2.40. The molecule has 1 saturated heterocycles. The molecule has 0 unspecified atom stereocenters. The lowest BCUT2D eigenvalue weighted by Crippen LogP contribution is -2.46. The highest BCUT2D eigenvalue weighted by molar-refractivity contribution is 8.00. The second-order valence-electron chi connectivity index (χ2n) is 5.96. The highest BCUT2D eigenvalue weighted by Gasteiger charge is 2.33. The summed E-state index contributed by atoms with van der Waals surface area (Å²) in [5.41, 5.74) is 7.01. The van der Waals surface area contributed by atoms with Crippen LogP contribution in [0.5, 0.6) is 0 Å². The quantitative estimate of drug-likeness (QED) is 0.925. The molecule has 0 saturated carbocycles. The second kappa shape index (κ2) is 6.31. The first-order valence-electron chi connectivity index (χ1n) is 7.35. The summed E-state index contributed by atoms with van der Waals surface area (Å²) in [6, 6.07) is 2.10. The van der Waals surface area contributed by atoms with Crippen LogP contribution in [0.3, 0.4) is 0 Å². The zero-order valence-electron chi connectivity index (χ0n) is 13.0. The summed E-state index contributed by atoms with van der Waals surface area (Å²) in [4.78, 5) is 11.6. The van der Waals surface area contributed by atoms with Crippen LogP contribution in [0.4, 0.5) is 5.82 Å². The Hall–Kier alpha value is -0.810. The van der Waals surface area contributed by atoms with Gasteiger partial charge >= 0.3 is 0 Å². The summed E-state index contributed by atoms with van der Waals surface area (Å²) in [7, 11) is 0. The van der Waals surface area contributed by atoms with Crippen LogP contribution in [0.2, 0.25) is 0 Å². The van der Waals surface area contributed by atoms with Crippen molar-refractivity contribution in [3.05, 3.63) is 17.6 Å². The van der Waals surface area contributed by atoms with Gasteiger partial charge in [0, 0.05) is 42.1 Å². The molecule has 5 heteroatoms. The van der Waals surface area contributed by atoms with E-state index >= 15 is 0 Å². The monoisotopic (exact) mass is 294 g/mol. The van der Waals surface area contributed by atoms with Gasteiger partial charge in [0.05, 0.1) is 0 Å². The number of rotatable bonds is 4. The van der Waals surface area contributed by atoms with Crippen molar-refractivity contribution >= 4 is 17.6 Å². The van der Waals surface area contributed by atoms with Crippen LogP contribution in [0, 0.1) is 6.92 Å². The van der Waals surface area contributed by atoms with Crippen LogP contribution >= 0.6 is 11.8 Å². The van der Waals surface area contributed by atoms with Gasteiger partial charge in [-0.05, 0) is 26.0 Å². The minimum atomic E-state index is 0.263. The van der Waals surface area contributed by atoms with Crippen LogP contribution in [0.15, 0.2) is 6.07 Å². The molecule has 0 bridgehead atoms. The van der Waals surface area contributed by atoms with Gasteiger partial charge in [-0.15, -0.1) is 0 Å². The molecule has 2 heterocycles. The van der Waals surface area contributed by atoms with Gasteiger partial charge in [0.15, 0.2) is 0 Å². The molecule has 1 fully saturated rings. The number of piperidine rings is 1. The first-order valence-corrected chi connectivity index (χ1v) is 8.58. The predicted octanol–water partition coefficient (Wildman–Crippen LogP) is 2.57. The molecule has 0 atom stereocenters. The fourth-order valence-electron chi connectivity index (χ4n) is 2.63. The maximum Gasteiger partial charge on any atom is 0.133 e. The smallest absolute Gasteiger partial charge is 0.133 e. The van der Waals surface area contributed by atoms with Gasteiger partial charge in [-0.2, -0.15) is 11.8 Å². The molecule has 0 aliphatic carbocycles. The Kier molecular flexibility index (Phi) is 4.91. The summed E-state index contributed by atoms with van der Waals surface area (Å²) < 4.78 is 0.263. The highest BCUT2D eigenvalue weighted by atomic mass is 32.2. The summed E-state index contributed by atoms with van der Waals surface area (Å²) in [6.45, 7) is 9.16. The summed E-state index contributed by atoms with van der Waals surface area (Å²) in [5, 5.41) is 0. The van der Waals surface area contributed by atoms with Gasteiger partial charge in [-0.25, -0.2) is 9.97 Å². The molecule has 0 radical (unpaired) electrons. The Balaban J connectivity index is 2.14. The number of nitrogens with zero attached hydrogens (tertiary/aromatic N) is 3. The third-order valence-electron chi connectivity index (χ3n) is 4.18. The van der Waals surface area contributed by atoms with Crippen molar-refractivity contribution in [1.29, 1.82) is 0 Å².